The summed E-state index contributed by atoms with van der Waals surface area (Å²) in [5.74, 6) is 1.49. The molecule has 3 heterocycles. The van der Waals surface area contributed by atoms with Crippen LogP contribution in [0.25, 0.3) is 5.95 Å². The smallest absolute Gasteiger partial charge is 0.235 e. The minimum atomic E-state index is 0.0250. The Morgan fingerprint density at radius 3 is 2.78 bits per heavy atom. The van der Waals surface area contributed by atoms with Crippen LogP contribution >= 0.6 is 0 Å². The summed E-state index contributed by atoms with van der Waals surface area (Å²) in [5.41, 5.74) is 3.15. The Kier molecular flexibility index (Phi) is 7.14. The van der Waals surface area contributed by atoms with Gasteiger partial charge in [0.2, 0.25) is 12.7 Å². The van der Waals surface area contributed by atoms with E-state index >= 15 is 0 Å². The third-order valence-corrected chi connectivity index (χ3v) is 5.33. The molecule has 1 aliphatic rings. The molecule has 0 saturated heterocycles. The molecule has 0 aliphatic carbocycles. The van der Waals surface area contributed by atoms with Crippen LogP contribution in [0.4, 0.5) is 0 Å². The normalized spacial score (nSPS) is 15.2. The van der Waals surface area contributed by atoms with Crippen LogP contribution in [0.1, 0.15) is 36.3 Å². The average Bonchev–Trinajstić information content (AvgIpc) is 3.48. The number of aryl methyl sites for hydroxylation is 1. The number of imidazole rings is 1. The van der Waals surface area contributed by atoms with Crippen LogP contribution in [0.2, 0.25) is 0 Å². The molecule has 2 aromatic heterocycles. The van der Waals surface area contributed by atoms with Crippen LogP contribution in [0.3, 0.4) is 0 Å². The molecule has 0 fully saturated rings. The van der Waals surface area contributed by atoms with Gasteiger partial charge in [-0.15, -0.1) is 0 Å². The molecule has 3 aromatic rings. The Balaban J connectivity index is 1.47. The van der Waals surface area contributed by atoms with Gasteiger partial charge < -0.3 is 19.7 Å². The highest BCUT2D eigenvalue weighted by Crippen LogP contribution is 2.19. The van der Waals surface area contributed by atoms with Crippen molar-refractivity contribution in [3.8, 4) is 5.95 Å². The molecule has 1 aliphatic heterocycles. The number of hydrogen-bond donors (Lipinski definition) is 1. The second-order valence-corrected chi connectivity index (χ2v) is 8.19. The standard InChI is InChI=1S/C24H30N6O2/c1-18-11-23(28-24(26-18)30-10-9-25-16-30)19(2)27-21(12-22-15-31-17-32-22)14-29(3)13-20-7-5-4-6-8-20/h4-11,15-16,19,21,27H,12-14,17H2,1-3H3. The molecule has 0 amide bonds. The van der Waals surface area contributed by atoms with Crippen molar-refractivity contribution in [2.75, 3.05) is 20.4 Å². The molecule has 8 nitrogen and oxygen atoms in total. The van der Waals surface area contributed by atoms with Crippen LogP contribution in [-0.4, -0.2) is 50.8 Å². The van der Waals surface area contributed by atoms with Crippen molar-refractivity contribution in [2.45, 2.75) is 38.9 Å². The number of ether oxygens (including phenoxy) is 2. The first-order valence-electron chi connectivity index (χ1n) is 10.8. The molecular weight excluding hydrogens is 404 g/mol. The van der Waals surface area contributed by atoms with E-state index in [1.807, 2.05) is 29.8 Å². The number of aromatic nitrogens is 4. The summed E-state index contributed by atoms with van der Waals surface area (Å²) in [6.45, 7) is 6.12. The molecule has 1 aromatic carbocycles. The Hall–Kier alpha value is -3.23. The van der Waals surface area contributed by atoms with Gasteiger partial charge in [-0.3, -0.25) is 4.57 Å². The van der Waals surface area contributed by atoms with Crippen molar-refractivity contribution >= 4 is 0 Å². The Bertz CT molecular complexity index is 1020. The summed E-state index contributed by atoms with van der Waals surface area (Å²) in [4.78, 5) is 15.7. The van der Waals surface area contributed by atoms with Crippen LogP contribution in [0.15, 0.2) is 67.1 Å². The molecular formula is C24H30N6O2. The van der Waals surface area contributed by atoms with E-state index in [2.05, 4.69) is 58.4 Å². The topological polar surface area (TPSA) is 77.3 Å². The minimum absolute atomic E-state index is 0.0250. The molecule has 2 unspecified atom stereocenters. The molecule has 4 rings (SSSR count). The minimum Gasteiger partial charge on any atom is -0.462 e. The number of rotatable bonds is 10. The van der Waals surface area contributed by atoms with Crippen molar-refractivity contribution in [3.63, 3.8) is 0 Å². The SMILES string of the molecule is Cc1cc(C(C)NC(CC2=COCO2)CN(C)Cc2ccccc2)nc(-n2ccnc2)n1. The fourth-order valence-corrected chi connectivity index (χ4v) is 3.86. The first-order valence-corrected chi connectivity index (χ1v) is 10.8. The maximum Gasteiger partial charge on any atom is 0.235 e. The Morgan fingerprint density at radius 2 is 2.06 bits per heavy atom. The van der Waals surface area contributed by atoms with Crippen LogP contribution in [0, 0.1) is 6.92 Å². The third kappa shape index (κ3) is 5.93. The van der Waals surface area contributed by atoms with Crippen LogP contribution in [0.5, 0.6) is 0 Å². The second kappa shape index (κ2) is 10.4. The van der Waals surface area contributed by atoms with Crippen molar-refractivity contribution in [2.24, 2.45) is 0 Å². The zero-order chi connectivity index (χ0) is 22.3. The highest BCUT2D eigenvalue weighted by molar-refractivity contribution is 5.21. The van der Waals surface area contributed by atoms with Gasteiger partial charge in [0.05, 0.1) is 5.69 Å². The van der Waals surface area contributed by atoms with Gasteiger partial charge in [-0.25, -0.2) is 15.0 Å². The van der Waals surface area contributed by atoms with Gasteiger partial charge in [0.1, 0.15) is 18.3 Å². The van der Waals surface area contributed by atoms with Gasteiger partial charge in [-0.2, -0.15) is 0 Å². The quantitative estimate of drug-likeness (QED) is 0.524. The highest BCUT2D eigenvalue weighted by Gasteiger charge is 2.21. The molecule has 0 spiro atoms. The van der Waals surface area contributed by atoms with Crippen molar-refractivity contribution in [1.82, 2.24) is 29.7 Å². The zero-order valence-electron chi connectivity index (χ0n) is 18.8. The van der Waals surface area contributed by atoms with E-state index in [1.54, 1.807) is 18.8 Å². The molecule has 2 atom stereocenters. The molecule has 168 valence electrons. The molecule has 8 heteroatoms. The first-order chi connectivity index (χ1) is 15.6. The summed E-state index contributed by atoms with van der Waals surface area (Å²) in [7, 11) is 2.14. The summed E-state index contributed by atoms with van der Waals surface area (Å²) in [6, 6.07) is 12.7. The van der Waals surface area contributed by atoms with E-state index in [4.69, 9.17) is 14.5 Å². The van der Waals surface area contributed by atoms with E-state index in [0.29, 0.717) is 5.95 Å². The lowest BCUT2D eigenvalue weighted by Gasteiger charge is -2.28. The zero-order valence-corrected chi connectivity index (χ0v) is 18.8. The molecule has 0 saturated carbocycles. The van der Waals surface area contributed by atoms with Gasteiger partial charge in [0, 0.05) is 49.7 Å². The van der Waals surface area contributed by atoms with Gasteiger partial charge in [0.25, 0.3) is 0 Å². The van der Waals surface area contributed by atoms with E-state index in [-0.39, 0.29) is 18.9 Å². The number of likely N-dealkylation sites (N-methyl/N-ethyl adjacent to an activating group) is 1. The number of benzene rings is 1. The van der Waals surface area contributed by atoms with Crippen molar-refractivity contribution in [3.05, 3.63) is 84.1 Å². The largest absolute Gasteiger partial charge is 0.462 e. The third-order valence-electron chi connectivity index (χ3n) is 5.33. The predicted molar refractivity (Wildman–Crippen MR) is 122 cm³/mol. The van der Waals surface area contributed by atoms with Gasteiger partial charge >= 0.3 is 0 Å². The molecule has 0 radical (unpaired) electrons. The summed E-state index contributed by atoms with van der Waals surface area (Å²) in [5, 5.41) is 3.74. The highest BCUT2D eigenvalue weighted by atomic mass is 16.7. The predicted octanol–water partition coefficient (Wildman–Crippen LogP) is 3.36. The molecule has 1 N–H and O–H groups in total. The van der Waals surface area contributed by atoms with Crippen molar-refractivity contribution in [1.29, 1.82) is 0 Å². The lowest BCUT2D eigenvalue weighted by Crippen LogP contribution is -2.41. The number of nitrogens with zero attached hydrogens (tertiary/aromatic N) is 5. The summed E-state index contributed by atoms with van der Waals surface area (Å²) >= 11 is 0. The van der Waals surface area contributed by atoms with E-state index < -0.39 is 0 Å². The second-order valence-electron chi connectivity index (χ2n) is 8.19. The van der Waals surface area contributed by atoms with E-state index in [9.17, 15) is 0 Å². The fraction of sp³-hybridized carbons (Fsp3) is 0.375. The lowest BCUT2D eigenvalue weighted by atomic mass is 10.1. The number of nitrogens with one attached hydrogen (secondary N) is 1. The maximum atomic E-state index is 5.60. The van der Waals surface area contributed by atoms with Gasteiger partial charge in [-0.05, 0) is 32.5 Å². The average molecular weight is 435 g/mol. The van der Waals surface area contributed by atoms with Crippen molar-refractivity contribution < 1.29 is 9.47 Å². The van der Waals surface area contributed by atoms with Crippen LogP contribution < -0.4 is 5.32 Å². The Morgan fingerprint density at radius 1 is 1.22 bits per heavy atom. The maximum absolute atomic E-state index is 5.60. The molecule has 32 heavy (non-hydrogen) atoms. The Labute approximate surface area is 188 Å². The summed E-state index contributed by atoms with van der Waals surface area (Å²) in [6.07, 6.45) is 7.73. The molecule has 0 bridgehead atoms. The number of hydrogen-bond acceptors (Lipinski definition) is 7. The van der Waals surface area contributed by atoms with Gasteiger partial charge in [-0.1, -0.05) is 30.3 Å². The lowest BCUT2D eigenvalue weighted by molar-refractivity contribution is 0.0753. The monoisotopic (exact) mass is 434 g/mol. The first kappa shape index (κ1) is 22.0. The van der Waals surface area contributed by atoms with E-state index in [1.165, 1.54) is 5.56 Å². The van der Waals surface area contributed by atoms with E-state index in [0.717, 1.165) is 36.7 Å². The fourth-order valence-electron chi connectivity index (χ4n) is 3.86. The van der Waals surface area contributed by atoms with Gasteiger partial charge in [0.15, 0.2) is 0 Å². The summed E-state index contributed by atoms with van der Waals surface area (Å²) < 4.78 is 12.7. The van der Waals surface area contributed by atoms with Crippen LogP contribution in [-0.2, 0) is 16.0 Å².